The van der Waals surface area contributed by atoms with Crippen LogP contribution in [0.25, 0.3) is 0 Å². The van der Waals surface area contributed by atoms with Gasteiger partial charge in [-0.05, 0) is 25.1 Å². The molecule has 0 fully saturated rings. The molecule has 5 nitrogen and oxygen atoms in total. The molecule has 0 radical (unpaired) electrons. The minimum absolute atomic E-state index is 0.129. The van der Waals surface area contributed by atoms with E-state index in [2.05, 4.69) is 0 Å². The summed E-state index contributed by atoms with van der Waals surface area (Å²) in [6.45, 7) is 1.84. The molecule has 1 aromatic rings. The molecule has 0 saturated carbocycles. The number of benzene rings is 1. The predicted octanol–water partition coefficient (Wildman–Crippen LogP) is 1.05. The molecule has 0 amide bonds. The largest absolute Gasteiger partial charge is 0.508 e. The van der Waals surface area contributed by atoms with Crippen LogP contribution in [-0.4, -0.2) is 36.9 Å². The molecule has 1 unspecified atom stereocenters. The van der Waals surface area contributed by atoms with Crippen LogP contribution in [0.1, 0.15) is 18.6 Å². The summed E-state index contributed by atoms with van der Waals surface area (Å²) in [6, 6.07) is 4.68. The number of rotatable bonds is 4. The molecular weight excluding hydrogens is 222 g/mol. The van der Waals surface area contributed by atoms with E-state index >= 15 is 0 Å². The Morgan fingerprint density at radius 2 is 2.12 bits per heavy atom. The lowest BCUT2D eigenvalue weighted by Crippen LogP contribution is -2.16. The van der Waals surface area contributed by atoms with Crippen LogP contribution in [0.5, 0.6) is 5.75 Å². The Labute approximate surface area is 100 Å². The molecule has 2 N–H and O–H groups in total. The summed E-state index contributed by atoms with van der Waals surface area (Å²) >= 11 is 0. The fourth-order valence-electron chi connectivity index (χ4n) is 1.39. The van der Waals surface area contributed by atoms with Crippen molar-refractivity contribution in [1.82, 2.24) is 0 Å². The van der Waals surface area contributed by atoms with E-state index in [0.29, 0.717) is 0 Å². The number of carbonyl (C=O) groups is 1. The summed E-state index contributed by atoms with van der Waals surface area (Å²) in [5.41, 5.74) is 0.927. The Kier molecular flexibility index (Phi) is 4.34. The number of phenols is 1. The van der Waals surface area contributed by atoms with Gasteiger partial charge in [-0.15, -0.1) is 0 Å². The van der Waals surface area contributed by atoms with Gasteiger partial charge in [0, 0.05) is 25.3 Å². The first-order valence-corrected chi connectivity index (χ1v) is 5.32. The SMILES string of the molecule is CCOC(=O)C(O)c1cc(N(C)C)ccc1O. The first-order valence-electron chi connectivity index (χ1n) is 5.32. The minimum atomic E-state index is -1.46. The lowest BCUT2D eigenvalue weighted by molar-refractivity contribution is -0.153. The number of hydrogen-bond donors (Lipinski definition) is 2. The van der Waals surface area contributed by atoms with Gasteiger partial charge in [0.15, 0.2) is 6.10 Å². The maximum atomic E-state index is 11.4. The molecule has 17 heavy (non-hydrogen) atoms. The van der Waals surface area contributed by atoms with Crippen LogP contribution in [-0.2, 0) is 9.53 Å². The maximum Gasteiger partial charge on any atom is 0.339 e. The lowest BCUT2D eigenvalue weighted by atomic mass is 10.1. The fraction of sp³-hybridized carbons (Fsp3) is 0.417. The Balaban J connectivity index is 3.03. The Morgan fingerprint density at radius 1 is 1.47 bits per heavy atom. The van der Waals surface area contributed by atoms with Gasteiger partial charge in [0.1, 0.15) is 5.75 Å². The molecule has 5 heteroatoms. The summed E-state index contributed by atoms with van der Waals surface area (Å²) in [5.74, 6) is -0.894. The van der Waals surface area contributed by atoms with Crippen LogP contribution < -0.4 is 4.90 Å². The molecule has 0 aliphatic rings. The van der Waals surface area contributed by atoms with Crippen molar-refractivity contribution in [3.05, 3.63) is 23.8 Å². The van der Waals surface area contributed by atoms with Crippen molar-refractivity contribution in [3.8, 4) is 5.75 Å². The van der Waals surface area contributed by atoms with E-state index in [-0.39, 0.29) is 17.9 Å². The van der Waals surface area contributed by atoms with Gasteiger partial charge >= 0.3 is 5.97 Å². The van der Waals surface area contributed by atoms with Crippen LogP contribution in [0.4, 0.5) is 5.69 Å². The van der Waals surface area contributed by atoms with Crippen LogP contribution in [0.2, 0.25) is 0 Å². The smallest absolute Gasteiger partial charge is 0.339 e. The van der Waals surface area contributed by atoms with Crippen molar-refractivity contribution in [2.24, 2.45) is 0 Å². The van der Waals surface area contributed by atoms with Crippen molar-refractivity contribution in [2.45, 2.75) is 13.0 Å². The number of aliphatic hydroxyl groups is 1. The summed E-state index contributed by atoms with van der Waals surface area (Å²) < 4.78 is 4.70. The van der Waals surface area contributed by atoms with E-state index < -0.39 is 12.1 Å². The Hall–Kier alpha value is -1.75. The molecule has 0 heterocycles. The second kappa shape index (κ2) is 5.54. The summed E-state index contributed by atoms with van der Waals surface area (Å²) in [5, 5.41) is 19.4. The average Bonchev–Trinajstić information content (AvgIpc) is 2.28. The van der Waals surface area contributed by atoms with Crippen molar-refractivity contribution in [1.29, 1.82) is 0 Å². The fourth-order valence-corrected chi connectivity index (χ4v) is 1.39. The van der Waals surface area contributed by atoms with Crippen LogP contribution in [0.3, 0.4) is 0 Å². The standard InChI is InChI=1S/C12H17NO4/c1-4-17-12(16)11(15)9-7-8(13(2)3)5-6-10(9)14/h5-7,11,14-15H,4H2,1-3H3. The highest BCUT2D eigenvalue weighted by atomic mass is 16.5. The molecule has 0 aromatic heterocycles. The van der Waals surface area contributed by atoms with Crippen molar-refractivity contribution in [3.63, 3.8) is 0 Å². The molecule has 1 rings (SSSR count). The molecule has 0 aliphatic carbocycles. The number of phenolic OH excluding ortho intramolecular Hbond substituents is 1. The van der Waals surface area contributed by atoms with E-state index in [1.54, 1.807) is 24.0 Å². The highest BCUT2D eigenvalue weighted by Crippen LogP contribution is 2.29. The van der Waals surface area contributed by atoms with Gasteiger partial charge in [-0.3, -0.25) is 0 Å². The number of anilines is 1. The van der Waals surface area contributed by atoms with Gasteiger partial charge < -0.3 is 19.8 Å². The summed E-state index contributed by atoms with van der Waals surface area (Å²) in [6.07, 6.45) is -1.46. The zero-order valence-corrected chi connectivity index (χ0v) is 10.2. The highest BCUT2D eigenvalue weighted by Gasteiger charge is 2.22. The third-order valence-corrected chi connectivity index (χ3v) is 2.33. The number of ether oxygens (including phenoxy) is 1. The molecule has 0 saturated heterocycles. The van der Waals surface area contributed by atoms with Gasteiger partial charge in [0.05, 0.1) is 6.61 Å². The topological polar surface area (TPSA) is 70.0 Å². The van der Waals surface area contributed by atoms with Crippen LogP contribution in [0, 0.1) is 0 Å². The maximum absolute atomic E-state index is 11.4. The second-order valence-corrected chi connectivity index (χ2v) is 3.79. The van der Waals surface area contributed by atoms with Gasteiger partial charge in [0.25, 0.3) is 0 Å². The Bertz CT molecular complexity index is 403. The van der Waals surface area contributed by atoms with Gasteiger partial charge in [-0.2, -0.15) is 0 Å². The molecule has 0 bridgehead atoms. The molecule has 0 spiro atoms. The first-order chi connectivity index (χ1) is 7.97. The average molecular weight is 239 g/mol. The normalized spacial score (nSPS) is 12.0. The summed E-state index contributed by atoms with van der Waals surface area (Å²) in [7, 11) is 3.65. The number of aliphatic hydroxyl groups excluding tert-OH is 1. The van der Waals surface area contributed by atoms with E-state index in [0.717, 1.165) is 5.69 Å². The number of nitrogens with zero attached hydrogens (tertiary/aromatic N) is 1. The van der Waals surface area contributed by atoms with E-state index in [4.69, 9.17) is 4.74 Å². The van der Waals surface area contributed by atoms with E-state index in [1.807, 2.05) is 14.1 Å². The number of hydrogen-bond acceptors (Lipinski definition) is 5. The monoisotopic (exact) mass is 239 g/mol. The quantitative estimate of drug-likeness (QED) is 0.769. The lowest BCUT2D eigenvalue weighted by Gasteiger charge is -2.17. The second-order valence-electron chi connectivity index (χ2n) is 3.79. The minimum Gasteiger partial charge on any atom is -0.508 e. The molecule has 94 valence electrons. The number of carbonyl (C=O) groups excluding carboxylic acids is 1. The summed E-state index contributed by atoms with van der Waals surface area (Å²) in [4.78, 5) is 13.2. The number of esters is 1. The molecule has 1 atom stereocenters. The first kappa shape index (κ1) is 13.3. The van der Waals surface area contributed by atoms with Crippen molar-refractivity contribution >= 4 is 11.7 Å². The van der Waals surface area contributed by atoms with Crippen LogP contribution >= 0.6 is 0 Å². The molecule has 1 aromatic carbocycles. The van der Waals surface area contributed by atoms with E-state index in [1.165, 1.54) is 6.07 Å². The van der Waals surface area contributed by atoms with Crippen molar-refractivity contribution in [2.75, 3.05) is 25.6 Å². The van der Waals surface area contributed by atoms with Gasteiger partial charge in [-0.25, -0.2) is 4.79 Å². The van der Waals surface area contributed by atoms with Crippen LogP contribution in [0.15, 0.2) is 18.2 Å². The van der Waals surface area contributed by atoms with Gasteiger partial charge in [0.2, 0.25) is 0 Å². The highest BCUT2D eigenvalue weighted by molar-refractivity contribution is 5.78. The zero-order valence-electron chi connectivity index (χ0n) is 10.2. The Morgan fingerprint density at radius 3 is 2.65 bits per heavy atom. The predicted molar refractivity (Wildman–Crippen MR) is 64.0 cm³/mol. The molecular formula is C12H17NO4. The molecule has 0 aliphatic heterocycles. The van der Waals surface area contributed by atoms with E-state index in [9.17, 15) is 15.0 Å². The third kappa shape index (κ3) is 3.10. The zero-order chi connectivity index (χ0) is 13.0. The van der Waals surface area contributed by atoms with Crippen molar-refractivity contribution < 1.29 is 19.7 Å². The third-order valence-electron chi connectivity index (χ3n) is 2.33. The van der Waals surface area contributed by atoms with Gasteiger partial charge in [-0.1, -0.05) is 0 Å². The number of aromatic hydroxyl groups is 1.